The Morgan fingerprint density at radius 2 is 1.81 bits per heavy atom. The van der Waals surface area contributed by atoms with E-state index in [0.717, 1.165) is 30.3 Å². The zero-order chi connectivity index (χ0) is 31.5. The molecule has 0 amide bonds. The van der Waals surface area contributed by atoms with Gasteiger partial charge >= 0.3 is 5.97 Å². The molecule has 0 unspecified atom stereocenters. The second-order valence-electron chi connectivity index (χ2n) is 11.8. The quantitative estimate of drug-likeness (QED) is 0.252. The highest BCUT2D eigenvalue weighted by atomic mass is 19.1. The van der Waals surface area contributed by atoms with E-state index in [0.29, 0.717) is 24.1 Å². The lowest BCUT2D eigenvalue weighted by Crippen LogP contribution is -2.57. The van der Waals surface area contributed by atoms with Gasteiger partial charge in [0.15, 0.2) is 5.78 Å². The summed E-state index contributed by atoms with van der Waals surface area (Å²) in [6.45, 7) is 7.22. The van der Waals surface area contributed by atoms with Crippen LogP contribution in [0.3, 0.4) is 0 Å². The zero-order valence-corrected chi connectivity index (χ0v) is 24.6. The van der Waals surface area contributed by atoms with E-state index in [1.54, 1.807) is 33.8 Å². The molecule has 11 heteroatoms. The Kier molecular flexibility index (Phi) is 9.68. The first-order valence-corrected chi connectivity index (χ1v) is 14.1. The number of aliphatic hydroxyl groups is 1. The van der Waals surface area contributed by atoms with E-state index in [2.05, 4.69) is 9.97 Å². The number of aromatic nitrogens is 2. The smallest absolute Gasteiger partial charge is 0.312 e. The van der Waals surface area contributed by atoms with Gasteiger partial charge in [-0.25, -0.2) is 18.2 Å². The highest BCUT2D eigenvalue weighted by Crippen LogP contribution is 2.45. The van der Waals surface area contributed by atoms with E-state index >= 15 is 0 Å². The molecule has 43 heavy (non-hydrogen) atoms. The summed E-state index contributed by atoms with van der Waals surface area (Å²) in [4.78, 5) is 34.8. The van der Waals surface area contributed by atoms with Gasteiger partial charge in [-0.1, -0.05) is 6.07 Å². The average Bonchev–Trinajstić information content (AvgIpc) is 2.93. The molecule has 8 nitrogen and oxygen atoms in total. The number of carbonyl (C=O) groups excluding carboxylic acids is 2. The molecule has 1 aliphatic rings. The summed E-state index contributed by atoms with van der Waals surface area (Å²) >= 11 is 0. The number of nitrogens with zero attached hydrogens (tertiary/aromatic N) is 2. The number of rotatable bonds is 9. The second-order valence-corrected chi connectivity index (χ2v) is 11.8. The summed E-state index contributed by atoms with van der Waals surface area (Å²) < 4.78 is 55.3. The minimum atomic E-state index is -1.53. The molecule has 3 heterocycles. The van der Waals surface area contributed by atoms with E-state index in [1.807, 2.05) is 0 Å². The predicted molar refractivity (Wildman–Crippen MR) is 152 cm³/mol. The number of hydrogen-bond donors (Lipinski definition) is 2. The molecular weight excluding hydrogens is 563 g/mol. The third kappa shape index (κ3) is 7.11. The minimum Gasteiger partial charge on any atom is -0.460 e. The maximum absolute atomic E-state index is 14.6. The SMILES string of the molecule is C[C@H]1O[C@@H](c2ccncc2CC(=O)c2ccc(F)c(-c3c(F)cccc3F)n2)C[C@@H](C(=O)OC(C)(C)C)[C@@]1(O)CCCN. The lowest BCUT2D eigenvalue weighted by atomic mass is 9.73. The van der Waals surface area contributed by atoms with Crippen LogP contribution >= 0.6 is 0 Å². The number of benzene rings is 1. The third-order valence-electron chi connectivity index (χ3n) is 7.57. The van der Waals surface area contributed by atoms with E-state index in [-0.39, 0.29) is 25.0 Å². The number of esters is 1. The number of pyridine rings is 2. The molecule has 4 rings (SSSR count). The van der Waals surface area contributed by atoms with Gasteiger partial charge in [0.05, 0.1) is 23.7 Å². The number of ether oxygens (including phenoxy) is 2. The van der Waals surface area contributed by atoms with Gasteiger partial charge in [-0.2, -0.15) is 0 Å². The van der Waals surface area contributed by atoms with Gasteiger partial charge in [-0.05, 0) is 95.0 Å². The maximum Gasteiger partial charge on any atom is 0.312 e. The number of carbonyl (C=O) groups is 2. The van der Waals surface area contributed by atoms with Crippen LogP contribution in [-0.4, -0.2) is 50.7 Å². The first kappa shape index (κ1) is 32.2. The molecule has 1 saturated heterocycles. The molecule has 0 bridgehead atoms. The van der Waals surface area contributed by atoms with Crippen LogP contribution in [0.1, 0.15) is 74.7 Å². The van der Waals surface area contributed by atoms with Crippen molar-refractivity contribution in [2.45, 2.75) is 76.8 Å². The van der Waals surface area contributed by atoms with Gasteiger partial charge in [0, 0.05) is 18.8 Å². The molecule has 1 fully saturated rings. The third-order valence-corrected chi connectivity index (χ3v) is 7.57. The molecular formula is C32H36F3N3O5. The molecule has 1 aromatic carbocycles. The van der Waals surface area contributed by atoms with E-state index in [4.69, 9.17) is 15.2 Å². The fourth-order valence-electron chi connectivity index (χ4n) is 5.42. The summed E-state index contributed by atoms with van der Waals surface area (Å²) in [7, 11) is 0. The van der Waals surface area contributed by atoms with Gasteiger partial charge in [0.25, 0.3) is 0 Å². The van der Waals surface area contributed by atoms with Crippen molar-refractivity contribution in [1.29, 1.82) is 0 Å². The van der Waals surface area contributed by atoms with Crippen molar-refractivity contribution in [3.05, 3.63) is 83.1 Å². The normalized spacial score (nSPS) is 22.3. The average molecular weight is 600 g/mol. The molecule has 3 N–H and O–H groups in total. The standard InChI is InChI=1S/C32H36F3N3O5/c1-18-32(41,12-6-13-36)21(30(40)43-31(2,3)4)16-27(42-18)20-11-14-37-17-19(20)15-26(39)25-10-9-24(35)29(38-25)28-22(33)7-5-8-23(28)34/h5,7-11,14,17-18,21,27,41H,6,12-13,15-16,36H2,1-4H3/t18-,21+,27-,32-/m1/s1. The topological polar surface area (TPSA) is 125 Å². The summed E-state index contributed by atoms with van der Waals surface area (Å²) in [6.07, 6.45) is 2.01. The predicted octanol–water partition coefficient (Wildman–Crippen LogP) is 5.26. The van der Waals surface area contributed by atoms with Gasteiger partial charge in [-0.15, -0.1) is 0 Å². The number of hydrogen-bond acceptors (Lipinski definition) is 8. The fourth-order valence-corrected chi connectivity index (χ4v) is 5.42. The lowest BCUT2D eigenvalue weighted by Gasteiger charge is -2.47. The van der Waals surface area contributed by atoms with Crippen LogP contribution in [0.4, 0.5) is 13.2 Å². The van der Waals surface area contributed by atoms with Crippen molar-refractivity contribution in [3.63, 3.8) is 0 Å². The summed E-state index contributed by atoms with van der Waals surface area (Å²) in [6, 6.07) is 6.84. The van der Waals surface area contributed by atoms with Crippen LogP contribution in [-0.2, 0) is 20.7 Å². The molecule has 4 atom stereocenters. The fraction of sp³-hybridized carbons (Fsp3) is 0.438. The van der Waals surface area contributed by atoms with Gasteiger partial charge < -0.3 is 20.3 Å². The van der Waals surface area contributed by atoms with E-state index in [1.165, 1.54) is 12.4 Å². The van der Waals surface area contributed by atoms with Crippen molar-refractivity contribution in [2.24, 2.45) is 11.7 Å². The van der Waals surface area contributed by atoms with Crippen LogP contribution in [0.25, 0.3) is 11.3 Å². The number of halogens is 3. The molecule has 0 radical (unpaired) electrons. The molecule has 1 aliphatic heterocycles. The number of nitrogens with two attached hydrogens (primary N) is 1. The van der Waals surface area contributed by atoms with Crippen LogP contribution in [0.2, 0.25) is 0 Å². The molecule has 0 saturated carbocycles. The summed E-state index contributed by atoms with van der Waals surface area (Å²) in [5, 5.41) is 11.7. The second kappa shape index (κ2) is 12.9. The van der Waals surface area contributed by atoms with Crippen molar-refractivity contribution >= 4 is 11.8 Å². The Morgan fingerprint density at radius 3 is 2.47 bits per heavy atom. The Hall–Kier alpha value is -3.67. The molecule has 230 valence electrons. The molecule has 0 aliphatic carbocycles. The largest absolute Gasteiger partial charge is 0.460 e. The maximum atomic E-state index is 14.6. The van der Waals surface area contributed by atoms with Crippen molar-refractivity contribution in [3.8, 4) is 11.3 Å². The minimum absolute atomic E-state index is 0.0665. The Morgan fingerprint density at radius 1 is 1.12 bits per heavy atom. The monoisotopic (exact) mass is 599 g/mol. The van der Waals surface area contributed by atoms with Gasteiger partial charge in [-0.3, -0.25) is 14.6 Å². The van der Waals surface area contributed by atoms with E-state index in [9.17, 15) is 27.9 Å². The molecule has 3 aromatic rings. The van der Waals surface area contributed by atoms with Crippen LogP contribution in [0.5, 0.6) is 0 Å². The number of ketones is 1. The Bertz CT molecular complexity index is 1480. The Labute approximate surface area is 248 Å². The van der Waals surface area contributed by atoms with Crippen LogP contribution < -0.4 is 5.73 Å². The first-order valence-electron chi connectivity index (χ1n) is 14.1. The van der Waals surface area contributed by atoms with Gasteiger partial charge in [0.1, 0.15) is 40.0 Å². The van der Waals surface area contributed by atoms with E-state index < -0.39 is 69.8 Å². The van der Waals surface area contributed by atoms with Gasteiger partial charge in [0.2, 0.25) is 0 Å². The summed E-state index contributed by atoms with van der Waals surface area (Å²) in [5.74, 6) is -5.08. The highest BCUT2D eigenvalue weighted by molar-refractivity contribution is 5.96. The van der Waals surface area contributed by atoms with Crippen molar-refractivity contribution in [1.82, 2.24) is 9.97 Å². The zero-order valence-electron chi connectivity index (χ0n) is 24.6. The lowest BCUT2D eigenvalue weighted by molar-refractivity contribution is -0.221. The molecule has 0 spiro atoms. The Balaban J connectivity index is 1.64. The number of Topliss-reactive ketones (excluding diaryl/α,β-unsaturated/α-hetero) is 1. The molecule has 2 aromatic heterocycles. The van der Waals surface area contributed by atoms with Crippen LogP contribution in [0, 0.1) is 23.4 Å². The highest BCUT2D eigenvalue weighted by Gasteiger charge is 2.52. The summed E-state index contributed by atoms with van der Waals surface area (Å²) in [5.41, 5.74) is 2.91. The van der Waals surface area contributed by atoms with Crippen molar-refractivity contribution < 1.29 is 37.3 Å². The van der Waals surface area contributed by atoms with Crippen LogP contribution in [0.15, 0.2) is 48.8 Å². The van der Waals surface area contributed by atoms with Crippen molar-refractivity contribution in [2.75, 3.05) is 6.54 Å². The first-order chi connectivity index (χ1) is 20.2.